The number of anilines is 1. The van der Waals surface area contributed by atoms with Crippen LogP contribution in [0.5, 0.6) is 5.75 Å². The normalized spacial score (nSPS) is 10.6. The third-order valence-corrected chi connectivity index (χ3v) is 5.24. The molecule has 3 nitrogen and oxygen atoms in total. The molecule has 0 saturated heterocycles. The fourth-order valence-corrected chi connectivity index (χ4v) is 3.52. The molecule has 0 atom stereocenters. The van der Waals surface area contributed by atoms with E-state index in [0.717, 1.165) is 34.5 Å². The standard InChI is InChI=1S/C22H23NO2S/c1-4-18-7-5-6-8-19(18)23-22(24)21-12-17(14-26-21)13-25-20-11-15(2)9-10-16(20)3/h5-12,14H,4,13H2,1-3H3,(H,23,24). The number of carbonyl (C=O) groups excluding carboxylic acids is 1. The van der Waals surface area contributed by atoms with Crippen molar-refractivity contribution in [2.24, 2.45) is 0 Å². The zero-order valence-corrected chi connectivity index (χ0v) is 16.2. The Balaban J connectivity index is 1.65. The summed E-state index contributed by atoms with van der Waals surface area (Å²) in [5, 5.41) is 4.99. The molecular weight excluding hydrogens is 342 g/mol. The average Bonchev–Trinajstić information content (AvgIpc) is 3.12. The maximum Gasteiger partial charge on any atom is 0.265 e. The SMILES string of the molecule is CCc1ccccc1NC(=O)c1cc(COc2cc(C)ccc2C)cs1. The Morgan fingerprint density at radius 3 is 2.73 bits per heavy atom. The van der Waals surface area contributed by atoms with Crippen molar-refractivity contribution in [3.8, 4) is 5.75 Å². The Morgan fingerprint density at radius 1 is 1.12 bits per heavy atom. The molecule has 2 aromatic carbocycles. The highest BCUT2D eigenvalue weighted by molar-refractivity contribution is 7.12. The number of amides is 1. The first-order chi connectivity index (χ1) is 12.6. The van der Waals surface area contributed by atoms with E-state index in [1.165, 1.54) is 16.9 Å². The highest BCUT2D eigenvalue weighted by Crippen LogP contribution is 2.23. The van der Waals surface area contributed by atoms with Crippen LogP contribution < -0.4 is 10.1 Å². The summed E-state index contributed by atoms with van der Waals surface area (Å²) >= 11 is 1.44. The quantitative estimate of drug-likeness (QED) is 0.603. The molecule has 0 saturated carbocycles. The van der Waals surface area contributed by atoms with Gasteiger partial charge in [0.2, 0.25) is 0 Å². The maximum atomic E-state index is 12.5. The van der Waals surface area contributed by atoms with Crippen LogP contribution in [0, 0.1) is 13.8 Å². The van der Waals surface area contributed by atoms with Crippen LogP contribution in [-0.2, 0) is 13.0 Å². The molecule has 0 aliphatic carbocycles. The summed E-state index contributed by atoms with van der Waals surface area (Å²) in [6.07, 6.45) is 0.885. The molecule has 134 valence electrons. The summed E-state index contributed by atoms with van der Waals surface area (Å²) in [4.78, 5) is 13.2. The number of para-hydroxylation sites is 1. The maximum absolute atomic E-state index is 12.5. The number of nitrogens with one attached hydrogen (secondary N) is 1. The monoisotopic (exact) mass is 365 g/mol. The van der Waals surface area contributed by atoms with Gasteiger partial charge in [0, 0.05) is 11.3 Å². The number of carbonyl (C=O) groups is 1. The molecule has 0 bridgehead atoms. The Labute approximate surface area is 158 Å². The van der Waals surface area contributed by atoms with E-state index in [-0.39, 0.29) is 5.91 Å². The Hall–Kier alpha value is -2.59. The van der Waals surface area contributed by atoms with Gasteiger partial charge >= 0.3 is 0 Å². The van der Waals surface area contributed by atoms with Crippen LogP contribution in [0.2, 0.25) is 0 Å². The van der Waals surface area contributed by atoms with Gasteiger partial charge in [-0.15, -0.1) is 11.3 Å². The van der Waals surface area contributed by atoms with E-state index < -0.39 is 0 Å². The largest absolute Gasteiger partial charge is 0.489 e. The molecule has 1 aromatic heterocycles. The molecule has 0 aliphatic rings. The van der Waals surface area contributed by atoms with Crippen molar-refractivity contribution in [1.82, 2.24) is 0 Å². The van der Waals surface area contributed by atoms with Gasteiger partial charge in [0.1, 0.15) is 12.4 Å². The van der Waals surface area contributed by atoms with Crippen molar-refractivity contribution in [3.05, 3.63) is 81.0 Å². The number of benzene rings is 2. The molecule has 1 amide bonds. The number of ether oxygens (including phenoxy) is 1. The molecule has 4 heteroatoms. The van der Waals surface area contributed by atoms with E-state index in [4.69, 9.17) is 4.74 Å². The third-order valence-electron chi connectivity index (χ3n) is 4.26. The first-order valence-corrected chi connectivity index (χ1v) is 9.61. The highest BCUT2D eigenvalue weighted by atomic mass is 32.1. The van der Waals surface area contributed by atoms with Gasteiger partial charge in [-0.2, -0.15) is 0 Å². The molecule has 0 spiro atoms. The number of rotatable bonds is 6. The number of thiophene rings is 1. The Morgan fingerprint density at radius 2 is 1.92 bits per heavy atom. The smallest absolute Gasteiger partial charge is 0.265 e. The van der Waals surface area contributed by atoms with Crippen LogP contribution >= 0.6 is 11.3 Å². The van der Waals surface area contributed by atoms with E-state index >= 15 is 0 Å². The van der Waals surface area contributed by atoms with Crippen molar-refractivity contribution >= 4 is 22.9 Å². The van der Waals surface area contributed by atoms with Gasteiger partial charge in [-0.3, -0.25) is 4.79 Å². The van der Waals surface area contributed by atoms with Gasteiger partial charge in [-0.25, -0.2) is 0 Å². The number of aryl methyl sites for hydroxylation is 3. The van der Waals surface area contributed by atoms with Crippen LogP contribution in [0.4, 0.5) is 5.69 Å². The second kappa shape index (κ2) is 8.19. The van der Waals surface area contributed by atoms with Crippen molar-refractivity contribution in [1.29, 1.82) is 0 Å². The molecule has 3 aromatic rings. The number of hydrogen-bond acceptors (Lipinski definition) is 3. The molecular formula is C22H23NO2S. The van der Waals surface area contributed by atoms with Crippen LogP contribution in [0.3, 0.4) is 0 Å². The fourth-order valence-electron chi connectivity index (χ4n) is 2.73. The molecule has 26 heavy (non-hydrogen) atoms. The van der Waals surface area contributed by atoms with Crippen molar-refractivity contribution in [3.63, 3.8) is 0 Å². The molecule has 0 unspecified atom stereocenters. The van der Waals surface area contributed by atoms with Crippen LogP contribution in [0.15, 0.2) is 53.9 Å². The Kier molecular flexibility index (Phi) is 5.74. The van der Waals surface area contributed by atoms with E-state index in [1.807, 2.05) is 55.6 Å². The lowest BCUT2D eigenvalue weighted by Gasteiger charge is -2.09. The molecule has 1 N–H and O–H groups in total. The summed E-state index contributed by atoms with van der Waals surface area (Å²) in [6.45, 7) is 6.62. The molecule has 1 heterocycles. The van der Waals surface area contributed by atoms with E-state index in [9.17, 15) is 4.79 Å². The summed E-state index contributed by atoms with van der Waals surface area (Å²) in [5.74, 6) is 0.813. The molecule has 3 rings (SSSR count). The molecule has 0 radical (unpaired) electrons. The van der Waals surface area contributed by atoms with Crippen molar-refractivity contribution in [2.75, 3.05) is 5.32 Å². The van der Waals surface area contributed by atoms with E-state index in [1.54, 1.807) is 0 Å². The topological polar surface area (TPSA) is 38.3 Å². The van der Waals surface area contributed by atoms with Gasteiger partial charge in [0.15, 0.2) is 0 Å². The second-order valence-corrected chi connectivity index (χ2v) is 7.25. The second-order valence-electron chi connectivity index (χ2n) is 6.34. The van der Waals surface area contributed by atoms with Gasteiger partial charge in [0.25, 0.3) is 5.91 Å². The zero-order valence-electron chi connectivity index (χ0n) is 15.3. The third kappa shape index (κ3) is 4.33. The fraction of sp³-hybridized carbons (Fsp3) is 0.227. The van der Waals surface area contributed by atoms with Crippen LogP contribution in [0.1, 0.15) is 38.8 Å². The van der Waals surface area contributed by atoms with Crippen molar-refractivity contribution in [2.45, 2.75) is 33.8 Å². The molecule has 0 fully saturated rings. The lowest BCUT2D eigenvalue weighted by molar-refractivity contribution is 0.103. The van der Waals surface area contributed by atoms with Crippen LogP contribution in [0.25, 0.3) is 0 Å². The number of hydrogen-bond donors (Lipinski definition) is 1. The minimum atomic E-state index is -0.0751. The first-order valence-electron chi connectivity index (χ1n) is 8.73. The summed E-state index contributed by atoms with van der Waals surface area (Å²) in [7, 11) is 0. The van der Waals surface area contributed by atoms with E-state index in [0.29, 0.717) is 11.5 Å². The minimum Gasteiger partial charge on any atom is -0.489 e. The minimum absolute atomic E-state index is 0.0751. The lowest BCUT2D eigenvalue weighted by atomic mass is 10.1. The average molecular weight is 365 g/mol. The molecule has 0 aliphatic heterocycles. The zero-order chi connectivity index (χ0) is 18.5. The Bertz CT molecular complexity index is 914. The highest BCUT2D eigenvalue weighted by Gasteiger charge is 2.12. The van der Waals surface area contributed by atoms with Gasteiger partial charge in [-0.1, -0.05) is 37.3 Å². The summed E-state index contributed by atoms with van der Waals surface area (Å²) < 4.78 is 5.93. The predicted molar refractivity (Wildman–Crippen MR) is 108 cm³/mol. The summed E-state index contributed by atoms with van der Waals surface area (Å²) in [6, 6.07) is 16.0. The van der Waals surface area contributed by atoms with Gasteiger partial charge in [-0.05, 0) is 60.5 Å². The van der Waals surface area contributed by atoms with Crippen molar-refractivity contribution < 1.29 is 9.53 Å². The van der Waals surface area contributed by atoms with Gasteiger partial charge < -0.3 is 10.1 Å². The summed E-state index contributed by atoms with van der Waals surface area (Å²) in [5.41, 5.74) is 5.30. The van der Waals surface area contributed by atoms with E-state index in [2.05, 4.69) is 24.4 Å². The van der Waals surface area contributed by atoms with Crippen LogP contribution in [-0.4, -0.2) is 5.91 Å². The first kappa shape index (κ1) is 18.2. The lowest BCUT2D eigenvalue weighted by Crippen LogP contribution is -2.11. The van der Waals surface area contributed by atoms with Gasteiger partial charge in [0.05, 0.1) is 4.88 Å². The predicted octanol–water partition coefficient (Wildman–Crippen LogP) is 5.76.